The summed E-state index contributed by atoms with van der Waals surface area (Å²) >= 11 is 0. The molecule has 5 rings (SSSR count). The summed E-state index contributed by atoms with van der Waals surface area (Å²) in [5.74, 6) is 2.26. The van der Waals surface area contributed by atoms with Gasteiger partial charge >= 0.3 is 0 Å². The molecule has 2 heterocycles. The third kappa shape index (κ3) is 3.36. The van der Waals surface area contributed by atoms with Crippen LogP contribution in [0.5, 0.6) is 5.75 Å². The maximum Gasteiger partial charge on any atom is 0.226 e. The highest BCUT2D eigenvalue weighted by Crippen LogP contribution is 2.41. The van der Waals surface area contributed by atoms with Crippen LogP contribution in [-0.2, 0) is 4.79 Å². The lowest BCUT2D eigenvalue weighted by molar-refractivity contribution is -0.116. The van der Waals surface area contributed by atoms with Crippen molar-refractivity contribution in [3.63, 3.8) is 0 Å². The van der Waals surface area contributed by atoms with Gasteiger partial charge in [-0.1, -0.05) is 12.1 Å². The van der Waals surface area contributed by atoms with Gasteiger partial charge in [-0.3, -0.25) is 4.79 Å². The zero-order valence-corrected chi connectivity index (χ0v) is 17.9. The normalized spacial score (nSPS) is 17.6. The third-order valence-corrected chi connectivity index (χ3v) is 5.94. The summed E-state index contributed by atoms with van der Waals surface area (Å²) in [5, 5.41) is 8.22. The summed E-state index contributed by atoms with van der Waals surface area (Å²) < 4.78 is 7.16. The van der Waals surface area contributed by atoms with Gasteiger partial charge in [-0.25, -0.2) is 4.68 Å². The molecule has 0 radical (unpaired) electrons. The standard InChI is InChI=1S/C24H25N5O2/c1-28(2)17-11-7-16(8-12-17)23-26-24-25-19-5-4-6-20(30)21(19)22(29(24)27-23)15-9-13-18(31-3)14-10-15/h7-14,22H,4-6H2,1-3H3,(H,25,26,27). The van der Waals surface area contributed by atoms with E-state index in [-0.39, 0.29) is 11.8 Å². The van der Waals surface area contributed by atoms with Gasteiger partial charge in [-0.15, -0.1) is 5.10 Å². The van der Waals surface area contributed by atoms with Crippen molar-refractivity contribution in [3.8, 4) is 17.1 Å². The lowest BCUT2D eigenvalue weighted by atomic mass is 9.85. The Hall–Kier alpha value is -3.61. The number of allylic oxidation sites excluding steroid dienone is 2. The number of ether oxygens (including phenoxy) is 1. The molecular weight excluding hydrogens is 390 g/mol. The number of hydrogen-bond acceptors (Lipinski definition) is 6. The number of nitrogens with one attached hydrogen (secondary N) is 1. The molecule has 0 fully saturated rings. The van der Waals surface area contributed by atoms with Crippen molar-refractivity contribution in [1.29, 1.82) is 0 Å². The lowest BCUT2D eigenvalue weighted by Crippen LogP contribution is -2.31. The molecule has 3 aromatic rings. The molecule has 0 bridgehead atoms. The van der Waals surface area contributed by atoms with E-state index < -0.39 is 0 Å². The van der Waals surface area contributed by atoms with Gasteiger partial charge in [0.25, 0.3) is 0 Å². The molecule has 158 valence electrons. The number of carbonyl (C=O) groups excluding carboxylic acids is 1. The lowest BCUT2D eigenvalue weighted by Gasteiger charge is -2.32. The molecule has 2 aliphatic rings. The van der Waals surface area contributed by atoms with E-state index in [0.29, 0.717) is 18.2 Å². The smallest absolute Gasteiger partial charge is 0.226 e. The van der Waals surface area contributed by atoms with E-state index in [1.807, 2.05) is 55.2 Å². The molecule has 7 heteroatoms. The minimum absolute atomic E-state index is 0.174. The molecule has 1 aromatic heterocycles. The maximum absolute atomic E-state index is 12.9. The highest BCUT2D eigenvalue weighted by Gasteiger charge is 2.36. The molecule has 0 saturated heterocycles. The molecule has 0 saturated carbocycles. The molecule has 7 nitrogen and oxygen atoms in total. The van der Waals surface area contributed by atoms with E-state index in [2.05, 4.69) is 22.3 Å². The van der Waals surface area contributed by atoms with Gasteiger partial charge < -0.3 is 15.0 Å². The van der Waals surface area contributed by atoms with Gasteiger partial charge in [0.05, 0.1) is 7.11 Å². The minimum Gasteiger partial charge on any atom is -0.497 e. The number of methoxy groups -OCH3 is 1. The molecule has 0 amide bonds. The second-order valence-corrected chi connectivity index (χ2v) is 8.11. The predicted molar refractivity (Wildman–Crippen MR) is 120 cm³/mol. The zero-order chi connectivity index (χ0) is 21.5. The van der Waals surface area contributed by atoms with E-state index in [1.54, 1.807) is 7.11 Å². The highest BCUT2D eigenvalue weighted by atomic mass is 16.5. The van der Waals surface area contributed by atoms with Crippen LogP contribution in [0.25, 0.3) is 11.4 Å². The van der Waals surface area contributed by atoms with Gasteiger partial charge in [0.15, 0.2) is 11.6 Å². The first kappa shape index (κ1) is 19.4. The van der Waals surface area contributed by atoms with Gasteiger partial charge in [-0.05, 0) is 54.8 Å². The first-order valence-electron chi connectivity index (χ1n) is 10.5. The fourth-order valence-corrected chi connectivity index (χ4v) is 4.28. The molecule has 1 N–H and O–H groups in total. The summed E-state index contributed by atoms with van der Waals surface area (Å²) in [6.45, 7) is 0. The van der Waals surface area contributed by atoms with Gasteiger partial charge in [0.2, 0.25) is 5.95 Å². The highest BCUT2D eigenvalue weighted by molar-refractivity contribution is 5.99. The number of hydrogen-bond donors (Lipinski definition) is 1. The Morgan fingerprint density at radius 1 is 1.06 bits per heavy atom. The summed E-state index contributed by atoms with van der Waals surface area (Å²) in [4.78, 5) is 19.8. The molecular formula is C24H25N5O2. The number of nitrogens with zero attached hydrogens (tertiary/aromatic N) is 4. The number of aromatic nitrogens is 3. The second kappa shape index (κ2) is 7.58. The second-order valence-electron chi connectivity index (χ2n) is 8.11. The van der Waals surface area contributed by atoms with Crippen LogP contribution in [-0.4, -0.2) is 41.8 Å². The Kier molecular flexibility index (Phi) is 4.73. The monoisotopic (exact) mass is 415 g/mol. The van der Waals surface area contributed by atoms with Crippen molar-refractivity contribution in [3.05, 3.63) is 65.4 Å². The Balaban J connectivity index is 1.60. The van der Waals surface area contributed by atoms with Gasteiger partial charge in [0, 0.05) is 43.0 Å². The summed E-state index contributed by atoms with van der Waals surface area (Å²) in [6, 6.07) is 15.7. The quantitative estimate of drug-likeness (QED) is 0.693. The summed E-state index contributed by atoms with van der Waals surface area (Å²) in [6.07, 6.45) is 2.26. The topological polar surface area (TPSA) is 72.3 Å². The number of benzene rings is 2. The van der Waals surface area contributed by atoms with Crippen LogP contribution >= 0.6 is 0 Å². The number of Topliss-reactive ketones (excluding diaryl/α,β-unsaturated/α-hetero) is 1. The minimum atomic E-state index is -0.299. The van der Waals surface area contributed by atoms with E-state index in [0.717, 1.165) is 46.7 Å². The number of carbonyl (C=O) groups is 1. The van der Waals surface area contributed by atoms with E-state index >= 15 is 0 Å². The van der Waals surface area contributed by atoms with Crippen molar-refractivity contribution in [2.24, 2.45) is 0 Å². The SMILES string of the molecule is COc1ccc(C2C3=C(CCCC3=O)Nc3nc(-c4ccc(N(C)C)cc4)nn32)cc1. The Morgan fingerprint density at radius 2 is 1.81 bits per heavy atom. The molecule has 1 aliphatic heterocycles. The first-order valence-corrected chi connectivity index (χ1v) is 10.5. The predicted octanol–water partition coefficient (Wildman–Crippen LogP) is 4.04. The van der Waals surface area contributed by atoms with Crippen LogP contribution in [0.4, 0.5) is 11.6 Å². The molecule has 31 heavy (non-hydrogen) atoms. The van der Waals surface area contributed by atoms with Gasteiger partial charge in [-0.2, -0.15) is 4.98 Å². The number of fused-ring (bicyclic) bond motifs is 1. The first-order chi connectivity index (χ1) is 15.0. The zero-order valence-electron chi connectivity index (χ0n) is 17.9. The largest absolute Gasteiger partial charge is 0.497 e. The third-order valence-electron chi connectivity index (χ3n) is 5.94. The average Bonchev–Trinajstić information content (AvgIpc) is 3.22. The molecule has 1 unspecified atom stereocenters. The summed E-state index contributed by atoms with van der Waals surface area (Å²) in [7, 11) is 5.67. The average molecular weight is 415 g/mol. The molecule has 0 spiro atoms. The van der Waals surface area contributed by atoms with E-state index in [4.69, 9.17) is 14.8 Å². The van der Waals surface area contributed by atoms with Crippen LogP contribution in [0.3, 0.4) is 0 Å². The van der Waals surface area contributed by atoms with Crippen LogP contribution in [0.15, 0.2) is 59.8 Å². The van der Waals surface area contributed by atoms with Crippen molar-refractivity contribution >= 4 is 17.4 Å². The van der Waals surface area contributed by atoms with Crippen LogP contribution in [0.1, 0.15) is 30.9 Å². The van der Waals surface area contributed by atoms with Crippen molar-refractivity contribution in [1.82, 2.24) is 14.8 Å². The van der Waals surface area contributed by atoms with Crippen molar-refractivity contribution in [2.75, 3.05) is 31.4 Å². The maximum atomic E-state index is 12.9. The Labute approximate surface area is 181 Å². The van der Waals surface area contributed by atoms with E-state index in [9.17, 15) is 4.79 Å². The number of rotatable bonds is 4. The van der Waals surface area contributed by atoms with Crippen LogP contribution in [0.2, 0.25) is 0 Å². The molecule has 1 aliphatic carbocycles. The van der Waals surface area contributed by atoms with Crippen molar-refractivity contribution in [2.45, 2.75) is 25.3 Å². The van der Waals surface area contributed by atoms with Gasteiger partial charge in [0.1, 0.15) is 11.8 Å². The number of anilines is 2. The number of ketones is 1. The Bertz CT molecular complexity index is 1160. The fraction of sp³-hybridized carbons (Fsp3) is 0.292. The van der Waals surface area contributed by atoms with Crippen LogP contribution in [0, 0.1) is 0 Å². The molecule has 1 atom stereocenters. The van der Waals surface area contributed by atoms with Crippen molar-refractivity contribution < 1.29 is 9.53 Å². The van der Waals surface area contributed by atoms with E-state index in [1.165, 1.54) is 0 Å². The van der Waals surface area contributed by atoms with Crippen LogP contribution < -0.4 is 15.0 Å². The Morgan fingerprint density at radius 3 is 2.48 bits per heavy atom. The molecule has 2 aromatic carbocycles. The fourth-order valence-electron chi connectivity index (χ4n) is 4.28. The summed E-state index contributed by atoms with van der Waals surface area (Å²) in [5.41, 5.74) is 4.80.